The lowest BCUT2D eigenvalue weighted by Crippen LogP contribution is -2.45. The molecule has 28 heavy (non-hydrogen) atoms. The first kappa shape index (κ1) is 19.1. The van der Waals surface area contributed by atoms with Crippen molar-refractivity contribution in [3.8, 4) is 0 Å². The van der Waals surface area contributed by atoms with E-state index < -0.39 is 6.35 Å². The number of nitrogens with one attached hydrogen (secondary N) is 1. The monoisotopic (exact) mass is 386 g/mol. The van der Waals surface area contributed by atoms with Gasteiger partial charge in [0.15, 0.2) is 12.0 Å². The van der Waals surface area contributed by atoms with Gasteiger partial charge in [0, 0.05) is 36.4 Å². The van der Waals surface area contributed by atoms with Crippen LogP contribution >= 0.6 is 0 Å². The fourth-order valence-electron chi connectivity index (χ4n) is 4.06. The van der Waals surface area contributed by atoms with Crippen LogP contribution in [-0.4, -0.2) is 61.5 Å². The van der Waals surface area contributed by atoms with Gasteiger partial charge in [-0.15, -0.1) is 0 Å². The van der Waals surface area contributed by atoms with E-state index in [2.05, 4.69) is 38.1 Å². The summed E-state index contributed by atoms with van der Waals surface area (Å²) in [6.07, 6.45) is 3.17. The topological polar surface area (TPSA) is 86.0 Å². The van der Waals surface area contributed by atoms with Crippen molar-refractivity contribution < 1.29 is 9.90 Å². The number of aryl methyl sites for hydroxylation is 1. The van der Waals surface area contributed by atoms with Gasteiger partial charge in [-0.25, -0.2) is 9.50 Å². The van der Waals surface area contributed by atoms with Crippen molar-refractivity contribution >= 4 is 17.4 Å². The van der Waals surface area contributed by atoms with Crippen LogP contribution in [0.1, 0.15) is 56.6 Å². The highest BCUT2D eigenvalue weighted by atomic mass is 16.3. The highest BCUT2D eigenvalue weighted by molar-refractivity contribution is 6.00. The van der Waals surface area contributed by atoms with Crippen LogP contribution in [0.25, 0.3) is 5.65 Å². The molecule has 1 aliphatic carbocycles. The second-order valence-corrected chi connectivity index (χ2v) is 8.87. The molecular formula is C20H30N6O2. The average molecular weight is 387 g/mol. The largest absolute Gasteiger partial charge is 0.361 e. The molecule has 1 saturated heterocycles. The lowest BCUT2D eigenvalue weighted by Gasteiger charge is -2.28. The lowest BCUT2D eigenvalue weighted by atomic mass is 9.98. The van der Waals surface area contributed by atoms with E-state index in [9.17, 15) is 9.90 Å². The summed E-state index contributed by atoms with van der Waals surface area (Å²) in [5.74, 6) is 1.05. The summed E-state index contributed by atoms with van der Waals surface area (Å²) in [6.45, 7) is 11.7. The van der Waals surface area contributed by atoms with Crippen LogP contribution in [0.5, 0.6) is 0 Å². The maximum Gasteiger partial charge on any atom is 0.257 e. The van der Waals surface area contributed by atoms with Crippen LogP contribution in [0.3, 0.4) is 0 Å². The molecule has 152 valence electrons. The molecule has 1 atom stereocenters. The van der Waals surface area contributed by atoms with Crippen molar-refractivity contribution in [3.63, 3.8) is 0 Å². The van der Waals surface area contributed by atoms with E-state index in [1.54, 1.807) is 10.7 Å². The number of aromatic nitrogens is 3. The van der Waals surface area contributed by atoms with Gasteiger partial charge in [-0.1, -0.05) is 0 Å². The molecule has 2 aromatic rings. The highest BCUT2D eigenvalue weighted by Gasteiger charge is 2.39. The third kappa shape index (κ3) is 3.24. The van der Waals surface area contributed by atoms with Crippen LogP contribution < -0.4 is 10.2 Å². The van der Waals surface area contributed by atoms with Crippen molar-refractivity contribution in [2.24, 2.45) is 5.92 Å². The van der Waals surface area contributed by atoms with Crippen molar-refractivity contribution in [1.82, 2.24) is 24.8 Å². The minimum absolute atomic E-state index is 0.151. The number of carbonyl (C=O) groups is 1. The predicted molar refractivity (Wildman–Crippen MR) is 107 cm³/mol. The highest BCUT2D eigenvalue weighted by Crippen LogP contribution is 2.39. The van der Waals surface area contributed by atoms with Crippen LogP contribution in [0.15, 0.2) is 12.3 Å². The Kier molecular flexibility index (Phi) is 4.58. The molecule has 2 fully saturated rings. The number of anilines is 1. The summed E-state index contributed by atoms with van der Waals surface area (Å²) in [7, 11) is 0. The SMILES string of the molecule is Cc1cc(N2CCN(C(C)C)C2O)nc2c(C(=O)NC(C)(C)C3CC3)cnn12. The number of carbonyl (C=O) groups excluding carboxylic acids is 1. The zero-order valence-electron chi connectivity index (χ0n) is 17.3. The molecule has 1 amide bonds. The van der Waals surface area contributed by atoms with Gasteiger partial charge in [0.25, 0.3) is 5.91 Å². The number of hydrogen-bond acceptors (Lipinski definition) is 6. The molecule has 1 aliphatic heterocycles. The maximum absolute atomic E-state index is 12.9. The van der Waals surface area contributed by atoms with E-state index in [0.29, 0.717) is 29.5 Å². The standard InChI is InChI=1S/C20H30N6O2/c1-12(2)24-8-9-25(19(24)28)16-10-13(3)26-17(22-16)15(11-21-26)18(27)23-20(4,5)14-6-7-14/h10-12,14,19,28H,6-9H2,1-5H3,(H,23,27). The van der Waals surface area contributed by atoms with E-state index in [1.165, 1.54) is 0 Å². The molecule has 2 N–H and O–H groups in total. The van der Waals surface area contributed by atoms with E-state index in [-0.39, 0.29) is 17.5 Å². The van der Waals surface area contributed by atoms with E-state index >= 15 is 0 Å². The number of amides is 1. The second-order valence-electron chi connectivity index (χ2n) is 8.87. The van der Waals surface area contributed by atoms with Crippen molar-refractivity contribution in [3.05, 3.63) is 23.5 Å². The number of aliphatic hydroxyl groups excluding tert-OH is 1. The molecule has 4 rings (SSSR count). The summed E-state index contributed by atoms with van der Waals surface area (Å²) in [5, 5.41) is 18.2. The van der Waals surface area contributed by atoms with Gasteiger partial charge in [-0.3, -0.25) is 9.69 Å². The Balaban J connectivity index is 1.66. The number of rotatable bonds is 5. The predicted octanol–water partition coefficient (Wildman–Crippen LogP) is 1.76. The molecule has 0 bridgehead atoms. The molecular weight excluding hydrogens is 356 g/mol. The normalized spacial score (nSPS) is 21.1. The lowest BCUT2D eigenvalue weighted by molar-refractivity contribution is 0.0193. The summed E-state index contributed by atoms with van der Waals surface area (Å²) in [4.78, 5) is 21.5. The molecule has 0 radical (unpaired) electrons. The zero-order valence-corrected chi connectivity index (χ0v) is 17.3. The smallest absolute Gasteiger partial charge is 0.257 e. The fourth-order valence-corrected chi connectivity index (χ4v) is 4.06. The van der Waals surface area contributed by atoms with Crippen LogP contribution in [0, 0.1) is 12.8 Å². The number of fused-ring (bicyclic) bond motifs is 1. The molecule has 3 heterocycles. The Morgan fingerprint density at radius 3 is 2.64 bits per heavy atom. The van der Waals surface area contributed by atoms with E-state index in [4.69, 9.17) is 4.98 Å². The molecule has 0 spiro atoms. The quantitative estimate of drug-likeness (QED) is 0.814. The number of hydrogen-bond donors (Lipinski definition) is 2. The first-order chi connectivity index (χ1) is 13.2. The van der Waals surface area contributed by atoms with E-state index in [1.807, 2.05) is 22.8 Å². The van der Waals surface area contributed by atoms with Gasteiger partial charge in [-0.05, 0) is 53.4 Å². The van der Waals surface area contributed by atoms with Gasteiger partial charge in [-0.2, -0.15) is 5.10 Å². The average Bonchev–Trinajstić information content (AvgIpc) is 3.28. The molecule has 1 unspecified atom stereocenters. The molecule has 2 aliphatic rings. The second kappa shape index (κ2) is 6.70. The molecule has 8 heteroatoms. The van der Waals surface area contributed by atoms with Gasteiger partial charge >= 0.3 is 0 Å². The fraction of sp³-hybridized carbons (Fsp3) is 0.650. The van der Waals surface area contributed by atoms with Gasteiger partial charge in [0.1, 0.15) is 11.4 Å². The number of nitrogens with zero attached hydrogens (tertiary/aromatic N) is 5. The zero-order chi connectivity index (χ0) is 20.2. The summed E-state index contributed by atoms with van der Waals surface area (Å²) in [6, 6.07) is 2.15. The van der Waals surface area contributed by atoms with Crippen LogP contribution in [0.2, 0.25) is 0 Å². The Labute approximate surface area is 165 Å². The van der Waals surface area contributed by atoms with Crippen LogP contribution in [0.4, 0.5) is 5.82 Å². The summed E-state index contributed by atoms with van der Waals surface area (Å²) < 4.78 is 1.69. The summed E-state index contributed by atoms with van der Waals surface area (Å²) >= 11 is 0. The molecule has 1 saturated carbocycles. The van der Waals surface area contributed by atoms with Crippen molar-refractivity contribution in [2.75, 3.05) is 18.0 Å². The maximum atomic E-state index is 12.9. The Morgan fingerprint density at radius 2 is 2.04 bits per heavy atom. The molecule has 2 aromatic heterocycles. The first-order valence-electron chi connectivity index (χ1n) is 10.1. The van der Waals surface area contributed by atoms with E-state index in [0.717, 1.165) is 25.1 Å². The Bertz CT molecular complexity index is 901. The molecule has 0 aromatic carbocycles. The third-order valence-electron chi connectivity index (χ3n) is 6.05. The first-order valence-corrected chi connectivity index (χ1v) is 10.1. The minimum Gasteiger partial charge on any atom is -0.361 e. The van der Waals surface area contributed by atoms with Gasteiger partial charge in [0.05, 0.1) is 6.20 Å². The molecule has 8 nitrogen and oxygen atoms in total. The minimum atomic E-state index is -0.719. The van der Waals surface area contributed by atoms with Crippen LogP contribution in [-0.2, 0) is 0 Å². The van der Waals surface area contributed by atoms with Crippen molar-refractivity contribution in [1.29, 1.82) is 0 Å². The number of aliphatic hydroxyl groups is 1. The van der Waals surface area contributed by atoms with Gasteiger partial charge < -0.3 is 15.3 Å². The summed E-state index contributed by atoms with van der Waals surface area (Å²) in [5.41, 5.74) is 1.62. The Hall–Kier alpha value is -2.19. The van der Waals surface area contributed by atoms with Crippen molar-refractivity contribution in [2.45, 2.75) is 65.4 Å². The van der Waals surface area contributed by atoms with Gasteiger partial charge in [0.2, 0.25) is 0 Å². The Morgan fingerprint density at radius 1 is 1.32 bits per heavy atom. The third-order valence-corrected chi connectivity index (χ3v) is 6.05.